The Labute approximate surface area is 218 Å². The van der Waals surface area contributed by atoms with E-state index in [1.54, 1.807) is 0 Å². The third kappa shape index (κ3) is 5.69. The quantitative estimate of drug-likeness (QED) is 0.307. The number of benzene rings is 2. The Morgan fingerprint density at radius 2 is 1.86 bits per heavy atom. The van der Waals surface area contributed by atoms with Crippen molar-refractivity contribution in [2.45, 2.75) is 52.1 Å². The molecule has 0 saturated carbocycles. The maximum absolute atomic E-state index is 11.7. The lowest BCUT2D eigenvalue weighted by Gasteiger charge is -2.37. The number of hydrogen-bond donors (Lipinski definition) is 2. The molecule has 198 valence electrons. The van der Waals surface area contributed by atoms with Gasteiger partial charge in [-0.1, -0.05) is 23.5 Å². The lowest BCUT2D eigenvalue weighted by Crippen LogP contribution is -2.38. The van der Waals surface area contributed by atoms with Crippen LogP contribution in [-0.2, 0) is 17.6 Å². The summed E-state index contributed by atoms with van der Waals surface area (Å²) in [6, 6.07) is 7.56. The fraction of sp³-hybridized carbons (Fsp3) is 0.407. The summed E-state index contributed by atoms with van der Waals surface area (Å²) >= 11 is 1.00. The predicted octanol–water partition coefficient (Wildman–Crippen LogP) is 4.54. The highest BCUT2D eigenvalue weighted by atomic mass is 32.1. The first-order valence-electron chi connectivity index (χ1n) is 11.9. The number of aromatic hydroxyl groups is 1. The molecule has 0 spiro atoms. The second kappa shape index (κ2) is 10.8. The van der Waals surface area contributed by atoms with Crippen LogP contribution in [0.15, 0.2) is 29.1 Å². The van der Waals surface area contributed by atoms with Crippen molar-refractivity contribution in [3.05, 3.63) is 55.5 Å². The molecule has 0 radical (unpaired) electrons. The Balaban J connectivity index is 1.43. The predicted molar refractivity (Wildman–Crippen MR) is 139 cm³/mol. The average Bonchev–Trinajstić information content (AvgIpc) is 3.17. The van der Waals surface area contributed by atoms with Crippen LogP contribution < -0.4 is 28.6 Å². The lowest BCUT2D eigenvalue weighted by atomic mass is 9.87. The van der Waals surface area contributed by atoms with E-state index in [1.807, 2.05) is 38.1 Å². The zero-order chi connectivity index (χ0) is 26.7. The number of fused-ring (bicyclic) bond motifs is 1. The van der Waals surface area contributed by atoms with Crippen LogP contribution in [0.25, 0.3) is 0 Å². The maximum atomic E-state index is 11.7. The van der Waals surface area contributed by atoms with E-state index in [-0.39, 0.29) is 10.8 Å². The van der Waals surface area contributed by atoms with E-state index < -0.39 is 11.6 Å². The number of thiazole rings is 1. The van der Waals surface area contributed by atoms with Crippen molar-refractivity contribution in [2.24, 2.45) is 0 Å². The van der Waals surface area contributed by atoms with Crippen LogP contribution in [0.2, 0.25) is 0 Å². The third-order valence-electron chi connectivity index (χ3n) is 6.48. The van der Waals surface area contributed by atoms with Crippen molar-refractivity contribution >= 4 is 17.3 Å². The highest BCUT2D eigenvalue weighted by Crippen LogP contribution is 2.53. The summed E-state index contributed by atoms with van der Waals surface area (Å²) in [6.07, 6.45) is 2.57. The number of esters is 1. The van der Waals surface area contributed by atoms with E-state index >= 15 is 0 Å². The van der Waals surface area contributed by atoms with Crippen LogP contribution in [0.4, 0.5) is 0 Å². The van der Waals surface area contributed by atoms with Crippen molar-refractivity contribution in [2.75, 3.05) is 20.8 Å². The number of carbonyl (C=O) groups is 1. The number of rotatable bonds is 9. The summed E-state index contributed by atoms with van der Waals surface area (Å²) in [7, 11) is 3.03. The van der Waals surface area contributed by atoms with Gasteiger partial charge in [0.05, 0.1) is 25.7 Å². The highest BCUT2D eigenvalue weighted by molar-refractivity contribution is 7.09. The van der Waals surface area contributed by atoms with Gasteiger partial charge in [-0.2, -0.15) is 0 Å². The molecule has 1 aliphatic heterocycles. The first-order valence-corrected chi connectivity index (χ1v) is 12.7. The Morgan fingerprint density at radius 3 is 2.46 bits per heavy atom. The smallest absolute Gasteiger partial charge is 0.308 e. The molecule has 1 aliphatic rings. The van der Waals surface area contributed by atoms with Gasteiger partial charge in [-0.25, -0.2) is 0 Å². The Morgan fingerprint density at radius 1 is 1.16 bits per heavy atom. The Bertz CT molecular complexity index is 1340. The number of nitrogens with one attached hydrogen (secondary N) is 1. The number of carbonyl (C=O) groups excluding carboxylic acids is 1. The molecule has 0 saturated heterocycles. The summed E-state index contributed by atoms with van der Waals surface area (Å²) < 4.78 is 29.1. The van der Waals surface area contributed by atoms with Crippen LogP contribution in [0.3, 0.4) is 0 Å². The molecule has 1 atom stereocenters. The van der Waals surface area contributed by atoms with Gasteiger partial charge in [-0.3, -0.25) is 14.6 Å². The van der Waals surface area contributed by atoms with Gasteiger partial charge in [0.25, 0.3) is 0 Å². The number of aromatic nitrogens is 1. The molecule has 37 heavy (non-hydrogen) atoms. The van der Waals surface area contributed by atoms with Crippen molar-refractivity contribution in [3.8, 4) is 34.6 Å². The summed E-state index contributed by atoms with van der Waals surface area (Å²) in [5, 5.41) is 9.78. The minimum atomic E-state index is -0.496. The first kappa shape index (κ1) is 26.4. The molecular formula is C27H31NO8S. The Kier molecular flexibility index (Phi) is 7.68. The number of aromatic amines is 1. The molecule has 2 N–H and O–H groups in total. The largest absolute Gasteiger partial charge is 0.494 e. The van der Waals surface area contributed by atoms with E-state index in [1.165, 1.54) is 21.1 Å². The van der Waals surface area contributed by atoms with Gasteiger partial charge in [0.2, 0.25) is 17.4 Å². The van der Waals surface area contributed by atoms with E-state index in [4.69, 9.17) is 23.7 Å². The van der Waals surface area contributed by atoms with Gasteiger partial charge in [-0.15, -0.1) is 0 Å². The van der Waals surface area contributed by atoms with Crippen LogP contribution in [0.5, 0.6) is 34.6 Å². The molecule has 9 nitrogen and oxygen atoms in total. The Hall–Kier alpha value is -3.66. The second-order valence-corrected chi connectivity index (χ2v) is 10.2. The SMILES string of the molecule is COc1c(OC(C)=O)c(C)c2c(c1OC)OC(C)(CCOc1ccc(Cc3sc(=O)[nH]c3O)cc1)CC2. The normalized spacial score (nSPS) is 16.5. The topological polar surface area (TPSA) is 116 Å². The lowest BCUT2D eigenvalue weighted by molar-refractivity contribution is -0.132. The van der Waals surface area contributed by atoms with Gasteiger partial charge < -0.3 is 28.8 Å². The van der Waals surface area contributed by atoms with Crippen molar-refractivity contribution < 1.29 is 33.6 Å². The van der Waals surface area contributed by atoms with Gasteiger partial charge in [0.15, 0.2) is 11.5 Å². The van der Waals surface area contributed by atoms with Crippen LogP contribution in [0.1, 0.15) is 48.3 Å². The molecule has 0 fully saturated rings. The summed E-state index contributed by atoms with van der Waals surface area (Å²) in [5.74, 6) is 1.89. The molecule has 0 aliphatic carbocycles. The summed E-state index contributed by atoms with van der Waals surface area (Å²) in [6.45, 7) is 5.71. The highest BCUT2D eigenvalue weighted by Gasteiger charge is 2.37. The molecular weight excluding hydrogens is 498 g/mol. The zero-order valence-corrected chi connectivity index (χ0v) is 22.4. The molecule has 1 unspecified atom stereocenters. The zero-order valence-electron chi connectivity index (χ0n) is 21.6. The van der Waals surface area contributed by atoms with E-state index in [0.29, 0.717) is 47.3 Å². The molecule has 10 heteroatoms. The molecule has 0 amide bonds. The average molecular weight is 530 g/mol. The molecule has 0 bridgehead atoms. The third-order valence-corrected chi connectivity index (χ3v) is 7.35. The molecule has 2 aromatic carbocycles. The number of hydrogen-bond acceptors (Lipinski definition) is 9. The molecule has 1 aromatic heterocycles. The van der Waals surface area contributed by atoms with Crippen molar-refractivity contribution in [1.29, 1.82) is 0 Å². The van der Waals surface area contributed by atoms with E-state index in [9.17, 15) is 14.7 Å². The number of ether oxygens (including phenoxy) is 5. The fourth-order valence-corrected chi connectivity index (χ4v) is 5.23. The minimum Gasteiger partial charge on any atom is -0.494 e. The second-order valence-electron chi connectivity index (χ2n) is 9.18. The fourth-order valence-electron chi connectivity index (χ4n) is 4.48. The maximum Gasteiger partial charge on any atom is 0.308 e. The van der Waals surface area contributed by atoms with Gasteiger partial charge in [0, 0.05) is 30.9 Å². The van der Waals surface area contributed by atoms with Gasteiger partial charge in [0.1, 0.15) is 11.4 Å². The van der Waals surface area contributed by atoms with Crippen LogP contribution >= 0.6 is 11.3 Å². The van der Waals surface area contributed by atoms with Crippen molar-refractivity contribution in [1.82, 2.24) is 4.98 Å². The standard InChI is InChI=1S/C27H31NO8S/c1-15-19-10-11-27(3,36-22(19)24(33-5)23(32-4)21(15)35-16(2)29)12-13-34-18-8-6-17(7-9-18)14-20-25(30)28-26(31)37-20/h6-9,30H,10-14H2,1-5H3,(H,28,31). The minimum absolute atomic E-state index is 0.0790. The molecule has 3 aromatic rings. The summed E-state index contributed by atoms with van der Waals surface area (Å²) in [5.41, 5.74) is 2.19. The van der Waals surface area contributed by atoms with Crippen molar-refractivity contribution in [3.63, 3.8) is 0 Å². The molecule has 4 rings (SSSR count). The van der Waals surface area contributed by atoms with E-state index in [2.05, 4.69) is 4.98 Å². The molecule has 2 heterocycles. The van der Waals surface area contributed by atoms with Gasteiger partial charge in [-0.05, 0) is 44.4 Å². The van der Waals surface area contributed by atoms with E-state index in [0.717, 1.165) is 46.6 Å². The number of H-pyrrole nitrogens is 1. The van der Waals surface area contributed by atoms with Gasteiger partial charge >= 0.3 is 10.8 Å². The van der Waals surface area contributed by atoms with Crippen LogP contribution in [-0.4, -0.2) is 42.5 Å². The number of methoxy groups -OCH3 is 2. The first-order chi connectivity index (χ1) is 17.6. The monoisotopic (exact) mass is 529 g/mol. The van der Waals surface area contributed by atoms with Crippen LogP contribution in [0, 0.1) is 6.92 Å². The summed E-state index contributed by atoms with van der Waals surface area (Å²) in [4.78, 5) is 25.8.